The number of aliphatic hydroxyl groups excluding tert-OH is 1. The average Bonchev–Trinajstić information content (AvgIpc) is 2.99. The van der Waals surface area contributed by atoms with Crippen molar-refractivity contribution in [1.29, 1.82) is 0 Å². The number of carbonyl (C=O) groups is 3. The molecule has 1 saturated heterocycles. The lowest BCUT2D eigenvalue weighted by Gasteiger charge is -3.10. The molecule has 42 heavy (non-hydrogen) atoms. The summed E-state index contributed by atoms with van der Waals surface area (Å²) in [6.45, 7) is 7.26. The lowest BCUT2D eigenvalue weighted by Crippen LogP contribution is -3.11. The Morgan fingerprint density at radius 2 is 1.55 bits per heavy atom. The summed E-state index contributed by atoms with van der Waals surface area (Å²) in [5.41, 5.74) is 3.46. The van der Waals surface area contributed by atoms with Crippen molar-refractivity contribution in [2.45, 2.75) is 45.1 Å². The number of nitrogens with one attached hydrogen (secondary N) is 1. The van der Waals surface area contributed by atoms with Crippen LogP contribution in [0.15, 0.2) is 42.5 Å². The van der Waals surface area contributed by atoms with Crippen molar-refractivity contribution < 1.29 is 29.0 Å². The third kappa shape index (κ3) is 2.99. The van der Waals surface area contributed by atoms with Gasteiger partial charge in [-0.05, 0) is 110 Å². The molecule has 6 saturated carbocycles. The topological polar surface area (TPSA) is 105 Å². The van der Waals surface area contributed by atoms with Gasteiger partial charge in [0, 0.05) is 30.8 Å². The number of benzene rings is 2. The Morgan fingerprint density at radius 3 is 2.10 bits per heavy atom. The highest BCUT2D eigenvalue weighted by Crippen LogP contribution is 3.10. The first-order valence-corrected chi connectivity index (χ1v) is 15.3. The van der Waals surface area contributed by atoms with Crippen molar-refractivity contribution in [3.8, 4) is 11.1 Å². The zero-order valence-electron chi connectivity index (χ0n) is 24.6. The SMILES string of the molecule is COC(=O)c1cc(NC(=O)C23C4C5C2C2C3C4C52CO)cc(-c2ccc(C3CCN(C(=O)OC(C)(C)C)CC3)cc2)c1. The molecule has 220 valence electrons. The van der Waals surface area contributed by atoms with Gasteiger partial charge in [-0.2, -0.15) is 0 Å². The fourth-order valence-corrected chi connectivity index (χ4v) is 10.5. The Labute approximate surface area is 245 Å². The lowest BCUT2D eigenvalue weighted by molar-refractivity contribution is -0.643. The summed E-state index contributed by atoms with van der Waals surface area (Å²) in [5, 5.41) is 13.1. The third-order valence-corrected chi connectivity index (χ3v) is 12.0. The van der Waals surface area contributed by atoms with Crippen LogP contribution in [-0.4, -0.2) is 60.4 Å². The summed E-state index contributed by atoms with van der Waals surface area (Å²) in [7, 11) is 1.36. The molecule has 0 atom stereocenters. The van der Waals surface area contributed by atoms with Crippen molar-refractivity contribution in [2.24, 2.45) is 46.3 Å². The summed E-state index contributed by atoms with van der Waals surface area (Å²) < 4.78 is 10.6. The van der Waals surface area contributed by atoms with Crippen LogP contribution in [0.2, 0.25) is 0 Å². The van der Waals surface area contributed by atoms with Gasteiger partial charge >= 0.3 is 12.1 Å². The number of methoxy groups -OCH3 is 1. The minimum Gasteiger partial charge on any atom is -0.465 e. The van der Waals surface area contributed by atoms with Crippen molar-refractivity contribution in [2.75, 3.05) is 32.1 Å². The molecule has 8 heteroatoms. The Kier molecular flexibility index (Phi) is 5.23. The molecule has 2 aromatic rings. The van der Waals surface area contributed by atoms with Crippen molar-refractivity contribution in [1.82, 2.24) is 4.90 Å². The standard InChI is InChI=1S/C34H38N2O6/c1-32(2,3)42-31(40)36-11-9-19(10-12-36)17-5-7-18(8-6-17)20-13-21(29(38)41-4)15-22(14-20)35-30(39)34-26-23-27(34)25-28(34)24(26)33(23,25)16-37/h5-8,13-15,19,23-28,37H,9-12,16H2,1-4H3,(H,35,39). The first kappa shape index (κ1) is 26.3. The molecule has 0 aromatic heterocycles. The van der Waals surface area contributed by atoms with Gasteiger partial charge in [-0.3, -0.25) is 4.79 Å². The average molecular weight is 571 g/mol. The zero-order chi connectivity index (χ0) is 29.3. The molecule has 0 unspecified atom stereocenters. The largest absolute Gasteiger partial charge is 0.465 e. The van der Waals surface area contributed by atoms with E-state index in [0.717, 1.165) is 24.0 Å². The number of ether oxygens (including phenoxy) is 2. The summed E-state index contributed by atoms with van der Waals surface area (Å²) in [5.74, 6) is 2.97. The maximum absolute atomic E-state index is 13.6. The van der Waals surface area contributed by atoms with Crippen LogP contribution >= 0.6 is 0 Å². The van der Waals surface area contributed by atoms with Crippen molar-refractivity contribution in [3.63, 3.8) is 0 Å². The number of aliphatic hydroxyl groups is 1. The number of piperidine rings is 1. The molecule has 9 rings (SSSR count). The van der Waals surface area contributed by atoms with Gasteiger partial charge in [0.1, 0.15) is 5.60 Å². The number of nitrogens with zero attached hydrogens (tertiary/aromatic N) is 1. The summed E-state index contributed by atoms with van der Waals surface area (Å²) in [6.07, 6.45) is 1.50. The Morgan fingerprint density at radius 1 is 0.929 bits per heavy atom. The molecular formula is C34H38N2O6. The molecule has 6 aliphatic carbocycles. The van der Waals surface area contributed by atoms with E-state index in [4.69, 9.17) is 9.47 Å². The molecule has 0 radical (unpaired) electrons. The number of amides is 2. The highest BCUT2D eigenvalue weighted by atomic mass is 16.6. The van der Waals surface area contributed by atoms with Crippen LogP contribution in [0.5, 0.6) is 0 Å². The second-order valence-corrected chi connectivity index (χ2v) is 14.5. The number of rotatable bonds is 6. The highest BCUT2D eigenvalue weighted by Gasteiger charge is 3.11. The minimum atomic E-state index is -0.501. The highest BCUT2D eigenvalue weighted by molar-refractivity contribution is 6.03. The van der Waals surface area contributed by atoms with E-state index in [1.54, 1.807) is 11.0 Å². The Hall–Kier alpha value is -3.39. The fraction of sp³-hybridized carbons (Fsp3) is 0.559. The molecule has 2 amide bonds. The van der Waals surface area contributed by atoms with E-state index in [1.165, 1.54) is 12.7 Å². The predicted octanol–water partition coefficient (Wildman–Crippen LogP) is 4.92. The minimum absolute atomic E-state index is 0.0820. The number of hydrogen-bond acceptors (Lipinski definition) is 6. The van der Waals surface area contributed by atoms with E-state index in [2.05, 4.69) is 29.6 Å². The van der Waals surface area contributed by atoms with E-state index in [0.29, 0.717) is 65.8 Å². The second kappa shape index (κ2) is 8.37. The third-order valence-electron chi connectivity index (χ3n) is 12.0. The van der Waals surface area contributed by atoms with Crippen LogP contribution in [0.25, 0.3) is 11.1 Å². The molecule has 7 fully saturated rings. The smallest absolute Gasteiger partial charge is 0.410 e. The summed E-state index contributed by atoms with van der Waals surface area (Å²) in [6, 6.07) is 13.8. The van der Waals surface area contributed by atoms with Gasteiger partial charge in [-0.15, -0.1) is 0 Å². The molecule has 2 aromatic carbocycles. The predicted molar refractivity (Wildman–Crippen MR) is 155 cm³/mol. The molecule has 1 heterocycles. The van der Waals surface area contributed by atoms with E-state index in [9.17, 15) is 19.5 Å². The quantitative estimate of drug-likeness (QED) is 0.478. The van der Waals surface area contributed by atoms with E-state index >= 15 is 0 Å². The van der Waals surface area contributed by atoms with Crippen LogP contribution < -0.4 is 5.32 Å². The van der Waals surface area contributed by atoms with Gasteiger partial charge < -0.3 is 24.8 Å². The lowest BCUT2D eigenvalue weighted by atomic mass is 8.92. The Balaban J connectivity index is 0.969. The van der Waals surface area contributed by atoms with Crippen LogP contribution in [0.1, 0.15) is 55.5 Å². The van der Waals surface area contributed by atoms with Gasteiger partial charge in [-0.1, -0.05) is 24.3 Å². The number of hydrogen-bond donors (Lipinski definition) is 2. The van der Waals surface area contributed by atoms with Crippen LogP contribution in [0, 0.1) is 46.3 Å². The van der Waals surface area contributed by atoms with Crippen LogP contribution in [0.3, 0.4) is 0 Å². The van der Waals surface area contributed by atoms with E-state index in [-0.39, 0.29) is 29.4 Å². The molecule has 0 bridgehead atoms. The maximum Gasteiger partial charge on any atom is 0.410 e. The number of likely N-dealkylation sites (tertiary alicyclic amines) is 1. The molecule has 1 aliphatic heterocycles. The van der Waals surface area contributed by atoms with Gasteiger partial charge in [-0.25, -0.2) is 9.59 Å². The first-order valence-electron chi connectivity index (χ1n) is 15.3. The van der Waals surface area contributed by atoms with Crippen molar-refractivity contribution in [3.05, 3.63) is 53.6 Å². The van der Waals surface area contributed by atoms with Gasteiger partial charge in [0.2, 0.25) is 5.91 Å². The van der Waals surface area contributed by atoms with E-state index < -0.39 is 11.6 Å². The molecule has 0 spiro atoms. The molecular weight excluding hydrogens is 532 g/mol. The number of anilines is 1. The second-order valence-electron chi connectivity index (χ2n) is 14.5. The van der Waals surface area contributed by atoms with Gasteiger partial charge in [0.25, 0.3) is 0 Å². The van der Waals surface area contributed by atoms with E-state index in [1.807, 2.05) is 32.9 Å². The summed E-state index contributed by atoms with van der Waals surface area (Å²) in [4.78, 5) is 40.4. The number of esters is 1. The monoisotopic (exact) mass is 570 g/mol. The molecule has 7 aliphatic rings. The van der Waals surface area contributed by atoms with Gasteiger partial charge in [0.15, 0.2) is 0 Å². The van der Waals surface area contributed by atoms with Gasteiger partial charge in [0.05, 0.1) is 18.1 Å². The molecule has 8 nitrogen and oxygen atoms in total. The van der Waals surface area contributed by atoms with Crippen LogP contribution in [-0.2, 0) is 14.3 Å². The Bertz CT molecular complexity index is 1460. The van der Waals surface area contributed by atoms with Crippen molar-refractivity contribution >= 4 is 23.7 Å². The fourth-order valence-electron chi connectivity index (χ4n) is 10.5. The van der Waals surface area contributed by atoms with Crippen LogP contribution in [0.4, 0.5) is 10.5 Å². The zero-order valence-corrected chi connectivity index (χ0v) is 24.6. The first-order chi connectivity index (χ1) is 20.1. The normalized spacial score (nSPS) is 36.3. The molecule has 2 N–H and O–H groups in total. The maximum atomic E-state index is 13.6. The summed E-state index contributed by atoms with van der Waals surface area (Å²) >= 11 is 0. The number of carbonyl (C=O) groups excluding carboxylic acids is 3.